The van der Waals surface area contributed by atoms with Gasteiger partial charge in [-0.2, -0.15) is 0 Å². The van der Waals surface area contributed by atoms with Gasteiger partial charge < -0.3 is 4.74 Å². The molecule has 1 heterocycles. The summed E-state index contributed by atoms with van der Waals surface area (Å²) in [7, 11) is 3.04. The average molecular weight is 300 g/mol. The van der Waals surface area contributed by atoms with E-state index in [4.69, 9.17) is 9.57 Å². The summed E-state index contributed by atoms with van der Waals surface area (Å²) in [6.45, 7) is 0.545. The van der Waals surface area contributed by atoms with E-state index in [-0.39, 0.29) is 5.91 Å². The number of fused-ring (bicyclic) bond motifs is 1. The minimum atomic E-state index is -0.568. The van der Waals surface area contributed by atoms with Crippen LogP contribution in [0.5, 0.6) is 0 Å². The second kappa shape index (κ2) is 5.16. The summed E-state index contributed by atoms with van der Waals surface area (Å²) >= 11 is 3.50. The van der Waals surface area contributed by atoms with Crippen molar-refractivity contribution in [3.63, 3.8) is 0 Å². The molecule has 17 heavy (non-hydrogen) atoms. The molecule has 1 aliphatic rings. The molecule has 1 atom stereocenters. The van der Waals surface area contributed by atoms with Gasteiger partial charge in [-0.25, -0.2) is 5.06 Å². The molecular formula is C12H14BrNO3. The van der Waals surface area contributed by atoms with Crippen LogP contribution in [0, 0.1) is 0 Å². The fourth-order valence-electron chi connectivity index (χ4n) is 1.91. The van der Waals surface area contributed by atoms with Crippen molar-refractivity contribution in [1.29, 1.82) is 0 Å². The Morgan fingerprint density at radius 1 is 1.59 bits per heavy atom. The number of nitrogens with zero attached hydrogens (tertiary/aromatic N) is 1. The fourth-order valence-corrected chi connectivity index (χ4v) is 2.49. The smallest absolute Gasteiger partial charge is 0.279 e. The maximum Gasteiger partial charge on any atom is 0.279 e. The lowest BCUT2D eigenvalue weighted by molar-refractivity contribution is -0.182. The van der Waals surface area contributed by atoms with Crippen molar-refractivity contribution < 1.29 is 14.4 Å². The van der Waals surface area contributed by atoms with E-state index >= 15 is 0 Å². The van der Waals surface area contributed by atoms with Crippen molar-refractivity contribution >= 4 is 21.8 Å². The molecule has 0 aromatic heterocycles. The molecule has 1 aliphatic heterocycles. The maximum atomic E-state index is 12.1. The summed E-state index contributed by atoms with van der Waals surface area (Å²) in [4.78, 5) is 17.0. The monoisotopic (exact) mass is 299 g/mol. The third-order valence-corrected chi connectivity index (χ3v) is 3.63. The van der Waals surface area contributed by atoms with Crippen LogP contribution in [-0.4, -0.2) is 31.7 Å². The van der Waals surface area contributed by atoms with Gasteiger partial charge in [0, 0.05) is 11.5 Å². The van der Waals surface area contributed by atoms with Crippen molar-refractivity contribution in [2.75, 3.05) is 20.8 Å². The second-order valence-corrected chi connectivity index (χ2v) is 4.68. The molecule has 1 aromatic carbocycles. The molecule has 4 nitrogen and oxygen atoms in total. The summed E-state index contributed by atoms with van der Waals surface area (Å²) in [5.41, 5.74) is 2.06. The van der Waals surface area contributed by atoms with E-state index in [1.54, 1.807) is 7.05 Å². The highest BCUT2D eigenvalue weighted by molar-refractivity contribution is 9.10. The first kappa shape index (κ1) is 12.5. The molecular weight excluding hydrogens is 286 g/mol. The molecule has 0 aliphatic carbocycles. The minimum Gasteiger partial charge on any atom is -0.363 e. The number of hydrogen-bond acceptors (Lipinski definition) is 3. The molecule has 0 radical (unpaired) electrons. The van der Waals surface area contributed by atoms with Gasteiger partial charge in [0.15, 0.2) is 6.10 Å². The predicted molar refractivity (Wildman–Crippen MR) is 66.3 cm³/mol. The average Bonchev–Trinajstić information content (AvgIpc) is 2.37. The van der Waals surface area contributed by atoms with E-state index < -0.39 is 6.10 Å². The van der Waals surface area contributed by atoms with Gasteiger partial charge in [0.25, 0.3) is 5.91 Å². The zero-order valence-electron chi connectivity index (χ0n) is 9.77. The van der Waals surface area contributed by atoms with Gasteiger partial charge in [0.05, 0.1) is 13.7 Å². The number of ether oxygens (including phenoxy) is 1. The minimum absolute atomic E-state index is 0.188. The van der Waals surface area contributed by atoms with Crippen LogP contribution in [0.15, 0.2) is 22.7 Å². The number of likely N-dealkylation sites (N-methyl/N-ethyl adjacent to an activating group) is 1. The van der Waals surface area contributed by atoms with Gasteiger partial charge in [0.2, 0.25) is 0 Å². The third-order valence-electron chi connectivity index (χ3n) is 2.88. The quantitative estimate of drug-likeness (QED) is 0.785. The van der Waals surface area contributed by atoms with Crippen molar-refractivity contribution in [2.45, 2.75) is 12.5 Å². The van der Waals surface area contributed by atoms with Crippen LogP contribution < -0.4 is 0 Å². The number of rotatable bonds is 2. The van der Waals surface area contributed by atoms with Crippen molar-refractivity contribution in [3.8, 4) is 0 Å². The highest BCUT2D eigenvalue weighted by atomic mass is 79.9. The molecule has 92 valence electrons. The SMILES string of the molecule is CON(C)C(=O)[C@@H]1OCCc2c(Br)cccc21. The molecule has 1 amide bonds. The molecule has 0 N–H and O–H groups in total. The summed E-state index contributed by atoms with van der Waals surface area (Å²) in [5, 5.41) is 1.20. The van der Waals surface area contributed by atoms with Gasteiger partial charge in [-0.1, -0.05) is 28.1 Å². The lowest BCUT2D eigenvalue weighted by Gasteiger charge is -2.28. The summed E-state index contributed by atoms with van der Waals surface area (Å²) in [6, 6.07) is 5.81. The predicted octanol–water partition coefficient (Wildman–Crippen LogP) is 2.08. The Labute approximate surface area is 109 Å². The number of carbonyl (C=O) groups is 1. The standard InChI is InChI=1S/C12H14BrNO3/c1-14(16-2)12(15)11-9-4-3-5-10(13)8(9)6-7-17-11/h3-5,11H,6-7H2,1-2H3/t11-/m1/s1. The third kappa shape index (κ3) is 2.36. The molecule has 2 rings (SSSR count). The van der Waals surface area contributed by atoms with E-state index in [2.05, 4.69) is 15.9 Å². The molecule has 5 heteroatoms. The van der Waals surface area contributed by atoms with Crippen molar-refractivity contribution in [3.05, 3.63) is 33.8 Å². The molecule has 1 aromatic rings. The fraction of sp³-hybridized carbons (Fsp3) is 0.417. The number of carbonyl (C=O) groups excluding carboxylic acids is 1. The Hall–Kier alpha value is -0.910. The van der Waals surface area contributed by atoms with Crippen LogP contribution in [0.25, 0.3) is 0 Å². The normalized spacial score (nSPS) is 18.6. The number of halogens is 1. The molecule has 0 saturated heterocycles. The largest absolute Gasteiger partial charge is 0.363 e. The van der Waals surface area contributed by atoms with Crippen LogP contribution in [-0.2, 0) is 20.8 Å². The first-order valence-electron chi connectivity index (χ1n) is 5.35. The first-order chi connectivity index (χ1) is 8.15. The van der Waals surface area contributed by atoms with Crippen LogP contribution in [0.2, 0.25) is 0 Å². The van der Waals surface area contributed by atoms with Gasteiger partial charge in [0.1, 0.15) is 0 Å². The zero-order chi connectivity index (χ0) is 12.4. The van der Waals surface area contributed by atoms with Gasteiger partial charge >= 0.3 is 0 Å². The first-order valence-corrected chi connectivity index (χ1v) is 6.15. The highest BCUT2D eigenvalue weighted by Crippen LogP contribution is 2.32. The van der Waals surface area contributed by atoms with Crippen molar-refractivity contribution in [1.82, 2.24) is 5.06 Å². The van der Waals surface area contributed by atoms with Crippen LogP contribution in [0.1, 0.15) is 17.2 Å². The summed E-state index contributed by atoms with van der Waals surface area (Å²) < 4.78 is 6.58. The Balaban J connectivity index is 2.35. The summed E-state index contributed by atoms with van der Waals surface area (Å²) in [5.74, 6) is -0.188. The molecule has 0 saturated carbocycles. The lowest BCUT2D eigenvalue weighted by atomic mass is 9.97. The van der Waals surface area contributed by atoms with E-state index in [0.717, 1.165) is 22.0 Å². The second-order valence-electron chi connectivity index (χ2n) is 3.83. The Kier molecular flexibility index (Phi) is 3.81. The number of benzene rings is 1. The molecule has 0 spiro atoms. The van der Waals surface area contributed by atoms with Gasteiger partial charge in [-0.05, 0) is 23.6 Å². The van der Waals surface area contributed by atoms with Crippen LogP contribution >= 0.6 is 15.9 Å². The number of hydrogen-bond donors (Lipinski definition) is 0. The lowest BCUT2D eigenvalue weighted by Crippen LogP contribution is -2.34. The zero-order valence-corrected chi connectivity index (χ0v) is 11.4. The molecule has 0 unspecified atom stereocenters. The molecule has 0 bridgehead atoms. The Bertz CT molecular complexity index is 436. The number of amides is 1. The summed E-state index contributed by atoms with van der Waals surface area (Å²) in [6.07, 6.45) is 0.248. The van der Waals surface area contributed by atoms with Crippen molar-refractivity contribution in [2.24, 2.45) is 0 Å². The van der Waals surface area contributed by atoms with Crippen LogP contribution in [0.3, 0.4) is 0 Å². The van der Waals surface area contributed by atoms with Gasteiger partial charge in [-0.15, -0.1) is 0 Å². The maximum absolute atomic E-state index is 12.1. The highest BCUT2D eigenvalue weighted by Gasteiger charge is 2.30. The van der Waals surface area contributed by atoms with E-state index in [1.807, 2.05) is 18.2 Å². The van der Waals surface area contributed by atoms with E-state index in [0.29, 0.717) is 6.61 Å². The Morgan fingerprint density at radius 3 is 3.06 bits per heavy atom. The Morgan fingerprint density at radius 2 is 2.35 bits per heavy atom. The van der Waals surface area contributed by atoms with Crippen LogP contribution in [0.4, 0.5) is 0 Å². The topological polar surface area (TPSA) is 38.8 Å². The number of hydroxylamine groups is 2. The van der Waals surface area contributed by atoms with E-state index in [9.17, 15) is 4.79 Å². The van der Waals surface area contributed by atoms with E-state index in [1.165, 1.54) is 12.2 Å². The van der Waals surface area contributed by atoms with Gasteiger partial charge in [-0.3, -0.25) is 9.63 Å². The molecule has 0 fully saturated rings.